The lowest BCUT2D eigenvalue weighted by Crippen LogP contribution is -2.34. The molecule has 22 heavy (non-hydrogen) atoms. The summed E-state index contributed by atoms with van der Waals surface area (Å²) in [6.07, 6.45) is 4.33. The number of aromatic amines is 1. The van der Waals surface area contributed by atoms with Gasteiger partial charge >= 0.3 is 5.69 Å². The van der Waals surface area contributed by atoms with Crippen molar-refractivity contribution in [1.82, 2.24) is 9.55 Å². The minimum absolute atomic E-state index is 0.215. The minimum atomic E-state index is -0.818. The van der Waals surface area contributed by atoms with E-state index in [0.29, 0.717) is 12.0 Å². The second kappa shape index (κ2) is 7.71. The number of ether oxygens (including phenoxy) is 1. The summed E-state index contributed by atoms with van der Waals surface area (Å²) in [6, 6.07) is 0. The molecule has 1 aromatic rings. The van der Waals surface area contributed by atoms with Gasteiger partial charge in [-0.25, -0.2) is 4.79 Å². The molecule has 1 saturated heterocycles. The highest BCUT2D eigenvalue weighted by Gasteiger charge is 2.35. The molecule has 2 rings (SSSR count). The van der Waals surface area contributed by atoms with E-state index in [4.69, 9.17) is 9.84 Å². The van der Waals surface area contributed by atoms with Gasteiger partial charge in [0.2, 0.25) is 0 Å². The van der Waals surface area contributed by atoms with Crippen molar-refractivity contribution >= 4 is 0 Å². The summed E-state index contributed by atoms with van der Waals surface area (Å²) in [7, 11) is 0. The van der Waals surface area contributed by atoms with Crippen LogP contribution in [0.5, 0.6) is 0 Å². The second-order valence-corrected chi connectivity index (χ2v) is 5.75. The zero-order valence-corrected chi connectivity index (χ0v) is 12.8. The third-order valence-corrected chi connectivity index (χ3v) is 4.04. The zero-order chi connectivity index (χ0) is 16.1. The Labute approximate surface area is 128 Å². The number of H-pyrrole nitrogens is 1. The second-order valence-electron chi connectivity index (χ2n) is 5.75. The van der Waals surface area contributed by atoms with E-state index in [9.17, 15) is 14.7 Å². The van der Waals surface area contributed by atoms with Gasteiger partial charge < -0.3 is 14.9 Å². The Bertz CT molecular complexity index is 594. The minimum Gasteiger partial charge on any atom is -0.394 e. The Balaban J connectivity index is 2.15. The molecule has 1 unspecified atom stereocenters. The number of aryl methyl sites for hydroxylation is 1. The summed E-state index contributed by atoms with van der Waals surface area (Å²) in [4.78, 5) is 26.1. The molecule has 1 aromatic heterocycles. The number of aliphatic hydroxyl groups is 2. The Morgan fingerprint density at radius 2 is 2.14 bits per heavy atom. The number of aliphatic hydroxyl groups excluding tert-OH is 2. The maximum atomic E-state index is 11.9. The first-order valence-corrected chi connectivity index (χ1v) is 7.85. The first-order chi connectivity index (χ1) is 10.6. The largest absolute Gasteiger partial charge is 0.394 e. The molecule has 0 amide bonds. The van der Waals surface area contributed by atoms with Crippen molar-refractivity contribution in [3.05, 3.63) is 32.6 Å². The lowest BCUT2D eigenvalue weighted by molar-refractivity contribution is -0.0460. The fourth-order valence-corrected chi connectivity index (χ4v) is 2.71. The highest BCUT2D eigenvalue weighted by atomic mass is 16.5. The van der Waals surface area contributed by atoms with E-state index in [2.05, 4.69) is 11.9 Å². The molecule has 2 heterocycles. The molecule has 1 aliphatic heterocycles. The molecule has 124 valence electrons. The Hall–Kier alpha value is -1.44. The molecule has 0 aliphatic carbocycles. The van der Waals surface area contributed by atoms with Crippen LogP contribution in [0.3, 0.4) is 0 Å². The number of nitrogens with zero attached hydrogens (tertiary/aromatic N) is 1. The molecule has 3 N–H and O–H groups in total. The zero-order valence-electron chi connectivity index (χ0n) is 12.8. The molecular formula is C15H24N2O5. The van der Waals surface area contributed by atoms with E-state index < -0.39 is 24.1 Å². The van der Waals surface area contributed by atoms with E-state index >= 15 is 0 Å². The van der Waals surface area contributed by atoms with Gasteiger partial charge in [0.15, 0.2) is 0 Å². The molecule has 0 aromatic carbocycles. The number of unbranched alkanes of at least 4 members (excludes halogenated alkanes) is 3. The molecular weight excluding hydrogens is 288 g/mol. The van der Waals surface area contributed by atoms with Gasteiger partial charge in [-0.15, -0.1) is 0 Å². The topological polar surface area (TPSA) is 105 Å². The molecule has 0 bridgehead atoms. The Morgan fingerprint density at radius 1 is 1.36 bits per heavy atom. The fourth-order valence-electron chi connectivity index (χ4n) is 2.71. The normalized spacial score (nSPS) is 24.8. The van der Waals surface area contributed by atoms with Crippen LogP contribution in [0.4, 0.5) is 0 Å². The van der Waals surface area contributed by atoms with Crippen molar-refractivity contribution < 1.29 is 14.9 Å². The van der Waals surface area contributed by atoms with Crippen molar-refractivity contribution in [3.63, 3.8) is 0 Å². The van der Waals surface area contributed by atoms with Gasteiger partial charge in [-0.2, -0.15) is 0 Å². The third kappa shape index (κ3) is 3.85. The quantitative estimate of drug-likeness (QED) is 0.628. The lowest BCUT2D eigenvalue weighted by Gasteiger charge is -2.15. The van der Waals surface area contributed by atoms with E-state index in [1.807, 2.05) is 0 Å². The summed E-state index contributed by atoms with van der Waals surface area (Å²) < 4.78 is 6.77. The van der Waals surface area contributed by atoms with Crippen molar-refractivity contribution in [1.29, 1.82) is 0 Å². The number of nitrogens with one attached hydrogen (secondary N) is 1. The van der Waals surface area contributed by atoms with Crippen LogP contribution in [0.25, 0.3) is 0 Å². The van der Waals surface area contributed by atoms with Crippen molar-refractivity contribution in [3.8, 4) is 0 Å². The van der Waals surface area contributed by atoms with Crippen molar-refractivity contribution in [2.24, 2.45) is 0 Å². The first kappa shape index (κ1) is 16.9. The van der Waals surface area contributed by atoms with Gasteiger partial charge in [-0.1, -0.05) is 26.2 Å². The molecule has 0 saturated carbocycles. The predicted molar refractivity (Wildman–Crippen MR) is 80.8 cm³/mol. The molecule has 0 spiro atoms. The highest BCUT2D eigenvalue weighted by Crippen LogP contribution is 2.27. The fraction of sp³-hybridized carbons (Fsp3) is 0.733. The molecule has 7 heteroatoms. The number of aromatic nitrogens is 2. The molecule has 7 nitrogen and oxygen atoms in total. The molecule has 1 fully saturated rings. The van der Waals surface area contributed by atoms with Crippen LogP contribution < -0.4 is 11.2 Å². The Kier molecular flexibility index (Phi) is 5.93. The van der Waals surface area contributed by atoms with Gasteiger partial charge in [-0.05, 0) is 12.8 Å². The van der Waals surface area contributed by atoms with Gasteiger partial charge in [0.05, 0.1) is 12.7 Å². The monoisotopic (exact) mass is 312 g/mol. The standard InChI is InChI=1S/C15H24N2O5/c1-2-3-4-5-6-10-8-17(15(21)16-14(10)20)13-7-11(19)12(9-18)22-13/h8,11-13,18-19H,2-7,9H2,1H3,(H,16,20,21)/t11?,12-,13-/m0/s1. The summed E-state index contributed by atoms with van der Waals surface area (Å²) in [5, 5.41) is 18.9. The van der Waals surface area contributed by atoms with Crippen LogP contribution in [0.2, 0.25) is 0 Å². The summed E-state index contributed by atoms with van der Waals surface area (Å²) >= 11 is 0. The van der Waals surface area contributed by atoms with Crippen LogP contribution in [0.1, 0.15) is 50.8 Å². The van der Waals surface area contributed by atoms with Gasteiger partial charge in [0.1, 0.15) is 12.3 Å². The van der Waals surface area contributed by atoms with Crippen LogP contribution >= 0.6 is 0 Å². The molecule has 0 radical (unpaired) electrons. The summed E-state index contributed by atoms with van der Waals surface area (Å²) in [5.74, 6) is 0. The van der Waals surface area contributed by atoms with Crippen LogP contribution in [0.15, 0.2) is 15.8 Å². The SMILES string of the molecule is CCCCCCc1cn([C@@H]2CC(O)[C@H](CO)O2)c(=O)[nH]c1=O. The van der Waals surface area contributed by atoms with Gasteiger partial charge in [0, 0.05) is 18.2 Å². The summed E-state index contributed by atoms with van der Waals surface area (Å²) in [6.45, 7) is 1.81. The maximum absolute atomic E-state index is 11.9. The number of hydrogen-bond donors (Lipinski definition) is 3. The Morgan fingerprint density at radius 3 is 2.77 bits per heavy atom. The van der Waals surface area contributed by atoms with Gasteiger partial charge in [-0.3, -0.25) is 14.3 Å². The van der Waals surface area contributed by atoms with Crippen LogP contribution in [0, 0.1) is 0 Å². The van der Waals surface area contributed by atoms with E-state index in [-0.39, 0.29) is 18.6 Å². The number of rotatable bonds is 7. The van der Waals surface area contributed by atoms with Gasteiger partial charge in [0.25, 0.3) is 5.56 Å². The summed E-state index contributed by atoms with van der Waals surface area (Å²) in [5.41, 5.74) is -0.380. The lowest BCUT2D eigenvalue weighted by atomic mass is 10.1. The number of hydrogen-bond acceptors (Lipinski definition) is 5. The van der Waals surface area contributed by atoms with E-state index in [1.54, 1.807) is 0 Å². The maximum Gasteiger partial charge on any atom is 0.330 e. The molecule has 1 aliphatic rings. The average molecular weight is 312 g/mol. The smallest absolute Gasteiger partial charge is 0.330 e. The van der Waals surface area contributed by atoms with Crippen LogP contribution in [-0.2, 0) is 11.2 Å². The van der Waals surface area contributed by atoms with E-state index in [1.165, 1.54) is 10.8 Å². The predicted octanol–water partition coefficient (Wildman–Crippen LogP) is 0.300. The highest BCUT2D eigenvalue weighted by molar-refractivity contribution is 5.05. The van der Waals surface area contributed by atoms with Crippen LogP contribution in [-0.4, -0.2) is 38.6 Å². The third-order valence-electron chi connectivity index (χ3n) is 4.04. The first-order valence-electron chi connectivity index (χ1n) is 7.85. The molecule has 3 atom stereocenters. The average Bonchev–Trinajstić information content (AvgIpc) is 2.86. The van der Waals surface area contributed by atoms with Crippen molar-refractivity contribution in [2.45, 2.75) is 63.9 Å². The van der Waals surface area contributed by atoms with Crippen molar-refractivity contribution in [2.75, 3.05) is 6.61 Å². The van der Waals surface area contributed by atoms with E-state index in [0.717, 1.165) is 25.7 Å².